The van der Waals surface area contributed by atoms with Gasteiger partial charge >= 0.3 is 0 Å². The second-order valence-electron chi connectivity index (χ2n) is 7.05. The Hall–Kier alpha value is -1.06. The monoisotopic (exact) mass is 276 g/mol. The molecule has 0 aliphatic carbocycles. The lowest BCUT2D eigenvalue weighted by atomic mass is 9.95. The van der Waals surface area contributed by atoms with E-state index in [-0.39, 0.29) is 17.2 Å². The minimum atomic E-state index is -0.148. The van der Waals surface area contributed by atoms with Crippen molar-refractivity contribution in [1.29, 1.82) is 0 Å². The zero-order valence-corrected chi connectivity index (χ0v) is 13.4. The number of para-hydroxylation sites is 1. The Morgan fingerprint density at radius 2 is 1.70 bits per heavy atom. The summed E-state index contributed by atoms with van der Waals surface area (Å²) in [5, 5.41) is 0. The lowest BCUT2D eigenvalue weighted by Gasteiger charge is -2.48. The van der Waals surface area contributed by atoms with Crippen LogP contribution in [0.4, 0.5) is 5.69 Å². The van der Waals surface area contributed by atoms with Crippen molar-refractivity contribution in [2.24, 2.45) is 5.73 Å². The topological polar surface area (TPSA) is 38.5 Å². The van der Waals surface area contributed by atoms with Crippen LogP contribution < -0.4 is 10.6 Å². The molecule has 1 heterocycles. The third kappa shape index (κ3) is 3.33. The molecular formula is C17H28N2O. The number of anilines is 1. The van der Waals surface area contributed by atoms with Gasteiger partial charge in [0.25, 0.3) is 0 Å². The summed E-state index contributed by atoms with van der Waals surface area (Å²) in [7, 11) is 0. The molecule has 0 spiro atoms. The molecule has 2 rings (SSSR count). The van der Waals surface area contributed by atoms with Crippen molar-refractivity contribution >= 4 is 5.69 Å². The van der Waals surface area contributed by atoms with Crippen molar-refractivity contribution in [3.8, 4) is 0 Å². The highest BCUT2D eigenvalue weighted by atomic mass is 16.5. The quantitative estimate of drug-likeness (QED) is 0.918. The molecule has 0 saturated carbocycles. The Bertz CT molecular complexity index is 452. The maximum Gasteiger partial charge on any atom is 0.0808 e. The van der Waals surface area contributed by atoms with Crippen LogP contribution in [0.25, 0.3) is 0 Å². The average molecular weight is 276 g/mol. The molecule has 2 N–H and O–H groups in total. The molecule has 0 aromatic heterocycles. The molecule has 0 unspecified atom stereocenters. The molecule has 1 atom stereocenters. The van der Waals surface area contributed by atoms with Crippen LogP contribution in [-0.2, 0) is 4.74 Å². The van der Waals surface area contributed by atoms with E-state index >= 15 is 0 Å². The van der Waals surface area contributed by atoms with Crippen LogP contribution in [0.2, 0.25) is 0 Å². The molecule has 1 aliphatic rings. The predicted molar refractivity (Wildman–Crippen MR) is 85.1 cm³/mol. The normalized spacial score (nSPS) is 22.6. The van der Waals surface area contributed by atoms with Gasteiger partial charge in [0.1, 0.15) is 0 Å². The van der Waals surface area contributed by atoms with Gasteiger partial charge in [0.15, 0.2) is 0 Å². The first-order chi connectivity index (χ1) is 9.24. The summed E-state index contributed by atoms with van der Waals surface area (Å²) >= 11 is 0. The Kier molecular flexibility index (Phi) is 4.12. The van der Waals surface area contributed by atoms with Crippen molar-refractivity contribution in [2.75, 3.05) is 18.0 Å². The second-order valence-corrected chi connectivity index (χ2v) is 7.05. The third-order valence-electron chi connectivity index (χ3n) is 3.81. The summed E-state index contributed by atoms with van der Waals surface area (Å²) in [6.07, 6.45) is 0.953. The zero-order chi connectivity index (χ0) is 15.0. The van der Waals surface area contributed by atoms with E-state index in [4.69, 9.17) is 10.5 Å². The van der Waals surface area contributed by atoms with E-state index in [0.717, 1.165) is 19.5 Å². The fourth-order valence-corrected chi connectivity index (χ4v) is 3.27. The van der Waals surface area contributed by atoms with E-state index in [1.807, 2.05) is 0 Å². The maximum absolute atomic E-state index is 6.28. The first-order valence-corrected chi connectivity index (χ1v) is 7.54. The standard InChI is InChI=1S/C17H28N2O/c1-6-14(18)13-9-7-8-10-15(13)19-11-16(2,3)20-17(4,5)12-19/h7-10,14H,6,11-12,18H2,1-5H3/t14-/m1/s1. The van der Waals surface area contributed by atoms with Crippen LogP contribution in [-0.4, -0.2) is 24.3 Å². The largest absolute Gasteiger partial charge is 0.366 e. The number of morpholine rings is 1. The smallest absolute Gasteiger partial charge is 0.0808 e. The van der Waals surface area contributed by atoms with Gasteiger partial charge in [0.2, 0.25) is 0 Å². The van der Waals surface area contributed by atoms with Crippen LogP contribution in [0.1, 0.15) is 52.6 Å². The van der Waals surface area contributed by atoms with Gasteiger partial charge in [0.05, 0.1) is 11.2 Å². The van der Waals surface area contributed by atoms with Crippen LogP contribution in [0.15, 0.2) is 24.3 Å². The summed E-state index contributed by atoms with van der Waals surface area (Å²) in [6.45, 7) is 12.5. The molecule has 0 amide bonds. The van der Waals surface area contributed by atoms with E-state index < -0.39 is 0 Å². The molecular weight excluding hydrogens is 248 g/mol. The number of hydrogen-bond donors (Lipinski definition) is 1. The number of nitrogens with two attached hydrogens (primary N) is 1. The van der Waals surface area contributed by atoms with Gasteiger partial charge in [-0.2, -0.15) is 0 Å². The van der Waals surface area contributed by atoms with Crippen LogP contribution in [0.5, 0.6) is 0 Å². The van der Waals surface area contributed by atoms with Gasteiger partial charge in [-0.15, -0.1) is 0 Å². The molecule has 1 aromatic carbocycles. The zero-order valence-electron chi connectivity index (χ0n) is 13.4. The minimum Gasteiger partial charge on any atom is -0.366 e. The molecule has 20 heavy (non-hydrogen) atoms. The summed E-state index contributed by atoms with van der Waals surface area (Å²) in [5.41, 5.74) is 8.48. The second kappa shape index (κ2) is 5.38. The SMILES string of the molecule is CC[C@@H](N)c1ccccc1N1CC(C)(C)OC(C)(C)C1. The number of rotatable bonds is 3. The van der Waals surface area contributed by atoms with E-state index in [1.54, 1.807) is 0 Å². The summed E-state index contributed by atoms with van der Waals surface area (Å²) in [4.78, 5) is 2.42. The van der Waals surface area contributed by atoms with E-state index in [2.05, 4.69) is 63.8 Å². The first-order valence-electron chi connectivity index (χ1n) is 7.54. The highest BCUT2D eigenvalue weighted by molar-refractivity contribution is 5.56. The molecule has 112 valence electrons. The van der Waals surface area contributed by atoms with Gasteiger partial charge in [-0.1, -0.05) is 25.1 Å². The molecule has 3 heteroatoms. The minimum absolute atomic E-state index is 0.0975. The maximum atomic E-state index is 6.28. The molecule has 1 aromatic rings. The van der Waals surface area contributed by atoms with Crippen molar-refractivity contribution in [2.45, 2.75) is 58.3 Å². The molecule has 1 saturated heterocycles. The average Bonchev–Trinajstić information content (AvgIpc) is 2.34. The first kappa shape index (κ1) is 15.3. The Morgan fingerprint density at radius 3 is 2.25 bits per heavy atom. The Morgan fingerprint density at radius 1 is 1.15 bits per heavy atom. The fourth-order valence-electron chi connectivity index (χ4n) is 3.27. The van der Waals surface area contributed by atoms with E-state index in [9.17, 15) is 0 Å². The van der Waals surface area contributed by atoms with Gasteiger partial charge in [-0.3, -0.25) is 0 Å². The molecule has 0 bridgehead atoms. The van der Waals surface area contributed by atoms with Crippen LogP contribution in [0, 0.1) is 0 Å². The van der Waals surface area contributed by atoms with Gasteiger partial charge < -0.3 is 15.4 Å². The fraction of sp³-hybridized carbons (Fsp3) is 0.647. The summed E-state index contributed by atoms with van der Waals surface area (Å²) < 4.78 is 6.17. The van der Waals surface area contributed by atoms with E-state index in [1.165, 1.54) is 11.3 Å². The Labute approximate surface area is 123 Å². The van der Waals surface area contributed by atoms with Crippen molar-refractivity contribution < 1.29 is 4.74 Å². The summed E-state index contributed by atoms with van der Waals surface area (Å²) in [5.74, 6) is 0. The number of ether oxygens (including phenoxy) is 1. The predicted octanol–water partition coefficient (Wildman–Crippen LogP) is 3.49. The van der Waals surface area contributed by atoms with Gasteiger partial charge in [-0.05, 0) is 45.7 Å². The molecule has 0 radical (unpaired) electrons. The molecule has 1 aliphatic heterocycles. The van der Waals surface area contributed by atoms with E-state index in [0.29, 0.717) is 0 Å². The highest BCUT2D eigenvalue weighted by Crippen LogP contribution is 2.34. The lowest BCUT2D eigenvalue weighted by Crippen LogP contribution is -2.57. The highest BCUT2D eigenvalue weighted by Gasteiger charge is 2.38. The number of hydrogen-bond acceptors (Lipinski definition) is 3. The van der Waals surface area contributed by atoms with Crippen LogP contribution >= 0.6 is 0 Å². The van der Waals surface area contributed by atoms with Crippen LogP contribution in [0.3, 0.4) is 0 Å². The third-order valence-corrected chi connectivity index (χ3v) is 3.81. The van der Waals surface area contributed by atoms with Gasteiger partial charge in [0, 0.05) is 24.8 Å². The molecule has 3 nitrogen and oxygen atoms in total. The number of nitrogens with zero attached hydrogens (tertiary/aromatic N) is 1. The van der Waals surface area contributed by atoms with Crippen molar-refractivity contribution in [3.05, 3.63) is 29.8 Å². The van der Waals surface area contributed by atoms with Gasteiger partial charge in [-0.25, -0.2) is 0 Å². The van der Waals surface area contributed by atoms with Crippen molar-refractivity contribution in [3.63, 3.8) is 0 Å². The van der Waals surface area contributed by atoms with Crippen molar-refractivity contribution in [1.82, 2.24) is 0 Å². The number of benzene rings is 1. The lowest BCUT2D eigenvalue weighted by molar-refractivity contribution is -0.133. The molecule has 1 fully saturated rings. The Balaban J connectivity index is 2.36. The summed E-state index contributed by atoms with van der Waals surface area (Å²) in [6, 6.07) is 8.60.